The molecule has 0 spiro atoms. The van der Waals surface area contributed by atoms with E-state index in [1.165, 1.54) is 43.4 Å². The van der Waals surface area contributed by atoms with Gasteiger partial charge in [-0.2, -0.15) is 0 Å². The van der Waals surface area contributed by atoms with E-state index < -0.39 is 0 Å². The maximum absolute atomic E-state index is 4.23. The van der Waals surface area contributed by atoms with Crippen LogP contribution in [0.15, 0.2) is 29.0 Å². The van der Waals surface area contributed by atoms with Crippen LogP contribution in [0, 0.1) is 5.92 Å². The third kappa shape index (κ3) is 4.20. The van der Waals surface area contributed by atoms with Gasteiger partial charge in [-0.3, -0.25) is 4.99 Å². The minimum absolute atomic E-state index is 0.473. The molecular formula is C17H29N3. The first kappa shape index (κ1) is 15.3. The highest BCUT2D eigenvalue weighted by Crippen LogP contribution is 2.34. The van der Waals surface area contributed by atoms with Gasteiger partial charge in [-0.25, -0.2) is 0 Å². The Balaban J connectivity index is 1.70. The Labute approximate surface area is 123 Å². The Morgan fingerprint density at radius 1 is 1.40 bits per heavy atom. The van der Waals surface area contributed by atoms with Gasteiger partial charge >= 0.3 is 0 Å². The van der Waals surface area contributed by atoms with E-state index in [2.05, 4.69) is 29.1 Å². The molecule has 2 fully saturated rings. The van der Waals surface area contributed by atoms with Gasteiger partial charge in [-0.15, -0.1) is 0 Å². The van der Waals surface area contributed by atoms with Crippen molar-refractivity contribution in [2.75, 3.05) is 6.54 Å². The first-order chi connectivity index (χ1) is 9.70. The number of fused-ring (bicyclic) bond motifs is 1. The summed E-state index contributed by atoms with van der Waals surface area (Å²) in [5.74, 6) is 0.882. The van der Waals surface area contributed by atoms with Gasteiger partial charge in [0.25, 0.3) is 0 Å². The second-order valence-corrected chi connectivity index (χ2v) is 6.19. The molecule has 0 bridgehead atoms. The maximum atomic E-state index is 4.23. The number of rotatable bonds is 6. The van der Waals surface area contributed by atoms with Crippen LogP contribution in [0.1, 0.15) is 52.4 Å². The number of aliphatic imine (C=N–C) groups is 1. The van der Waals surface area contributed by atoms with Crippen molar-refractivity contribution >= 4 is 6.21 Å². The van der Waals surface area contributed by atoms with Crippen molar-refractivity contribution in [3.63, 3.8) is 0 Å². The average Bonchev–Trinajstić information content (AvgIpc) is 2.89. The molecule has 0 radical (unpaired) electrons. The van der Waals surface area contributed by atoms with E-state index >= 15 is 0 Å². The number of hydrogen-bond acceptors (Lipinski definition) is 3. The van der Waals surface area contributed by atoms with Crippen LogP contribution in [0.3, 0.4) is 0 Å². The third-order valence-corrected chi connectivity index (χ3v) is 4.60. The predicted octanol–water partition coefficient (Wildman–Crippen LogP) is 3.40. The molecule has 1 saturated carbocycles. The molecule has 3 nitrogen and oxygen atoms in total. The monoisotopic (exact) mass is 275 g/mol. The molecule has 3 atom stereocenters. The molecule has 2 aliphatic rings. The zero-order valence-electron chi connectivity index (χ0n) is 13.0. The molecule has 1 heterocycles. The van der Waals surface area contributed by atoms with E-state index in [9.17, 15) is 0 Å². The van der Waals surface area contributed by atoms with E-state index in [-0.39, 0.29) is 0 Å². The standard InChI is InChI=1S/C17H29N3/c1-4-18-12-13(2)9-10-19-14(3)17-11-15-7-5-6-8-16(15)20-17/h4,12,15-17,19-20H,3,5-11H2,1-2H3/b13-12+,18-4?. The molecule has 2 N–H and O–H groups in total. The fraction of sp³-hybridized carbons (Fsp3) is 0.706. The fourth-order valence-electron chi connectivity index (χ4n) is 3.39. The van der Waals surface area contributed by atoms with Gasteiger partial charge in [0.15, 0.2) is 0 Å². The highest BCUT2D eigenvalue weighted by Gasteiger charge is 2.35. The Hall–Kier alpha value is -1.09. The van der Waals surface area contributed by atoms with E-state index in [4.69, 9.17) is 0 Å². The minimum Gasteiger partial charge on any atom is -0.387 e. The van der Waals surface area contributed by atoms with E-state index in [1.807, 2.05) is 19.3 Å². The van der Waals surface area contributed by atoms with Crippen molar-refractivity contribution in [1.29, 1.82) is 0 Å². The first-order valence-corrected chi connectivity index (χ1v) is 8.03. The molecule has 2 rings (SSSR count). The zero-order valence-corrected chi connectivity index (χ0v) is 13.0. The minimum atomic E-state index is 0.473. The molecule has 0 aromatic heterocycles. The molecule has 0 amide bonds. The SMILES string of the molecule is C=C(NCC/C(C)=C/N=CC)C1CC2CCCCC2N1. The summed E-state index contributed by atoms with van der Waals surface area (Å²) in [4.78, 5) is 4.15. The largest absolute Gasteiger partial charge is 0.387 e. The van der Waals surface area contributed by atoms with Crippen LogP contribution < -0.4 is 10.6 Å². The molecule has 1 aliphatic heterocycles. The quantitative estimate of drug-likeness (QED) is 0.729. The van der Waals surface area contributed by atoms with Crippen molar-refractivity contribution in [1.82, 2.24) is 10.6 Å². The molecule has 3 unspecified atom stereocenters. The number of hydrogen-bond donors (Lipinski definition) is 2. The lowest BCUT2D eigenvalue weighted by Gasteiger charge is -2.24. The van der Waals surface area contributed by atoms with Crippen LogP contribution in [0.2, 0.25) is 0 Å². The second kappa shape index (κ2) is 7.63. The lowest BCUT2D eigenvalue weighted by atomic mass is 9.85. The highest BCUT2D eigenvalue weighted by atomic mass is 15.1. The Morgan fingerprint density at radius 2 is 2.20 bits per heavy atom. The number of nitrogens with one attached hydrogen (secondary N) is 2. The van der Waals surface area contributed by atoms with Crippen LogP contribution in [0.5, 0.6) is 0 Å². The summed E-state index contributed by atoms with van der Waals surface area (Å²) < 4.78 is 0. The summed E-state index contributed by atoms with van der Waals surface area (Å²) >= 11 is 0. The van der Waals surface area contributed by atoms with Crippen molar-refractivity contribution in [2.24, 2.45) is 10.9 Å². The van der Waals surface area contributed by atoms with E-state index in [0.717, 1.165) is 24.9 Å². The van der Waals surface area contributed by atoms with Crippen molar-refractivity contribution in [3.8, 4) is 0 Å². The third-order valence-electron chi connectivity index (χ3n) is 4.60. The highest BCUT2D eigenvalue weighted by molar-refractivity contribution is 5.54. The molecular weight excluding hydrogens is 246 g/mol. The van der Waals surface area contributed by atoms with Gasteiger partial charge in [-0.05, 0) is 45.4 Å². The topological polar surface area (TPSA) is 36.4 Å². The smallest absolute Gasteiger partial charge is 0.0468 e. The predicted molar refractivity (Wildman–Crippen MR) is 87.0 cm³/mol. The van der Waals surface area contributed by atoms with Gasteiger partial charge in [0.05, 0.1) is 0 Å². The zero-order chi connectivity index (χ0) is 14.4. The van der Waals surface area contributed by atoms with Crippen LogP contribution in [-0.2, 0) is 0 Å². The Morgan fingerprint density at radius 3 is 2.95 bits per heavy atom. The number of nitrogens with zero attached hydrogens (tertiary/aromatic N) is 1. The van der Waals surface area contributed by atoms with Crippen LogP contribution >= 0.6 is 0 Å². The van der Waals surface area contributed by atoms with Crippen molar-refractivity contribution in [3.05, 3.63) is 24.0 Å². The van der Waals surface area contributed by atoms with Gasteiger partial charge < -0.3 is 10.6 Å². The van der Waals surface area contributed by atoms with Crippen LogP contribution in [0.4, 0.5) is 0 Å². The van der Waals surface area contributed by atoms with Gasteiger partial charge in [0.1, 0.15) is 0 Å². The summed E-state index contributed by atoms with van der Waals surface area (Å²) in [5.41, 5.74) is 2.47. The fourth-order valence-corrected chi connectivity index (χ4v) is 3.39. The van der Waals surface area contributed by atoms with Gasteiger partial charge in [0, 0.05) is 36.7 Å². The average molecular weight is 275 g/mol. The second-order valence-electron chi connectivity index (χ2n) is 6.19. The van der Waals surface area contributed by atoms with E-state index in [0.29, 0.717) is 6.04 Å². The summed E-state index contributed by atoms with van der Waals surface area (Å²) in [6.45, 7) is 9.25. The molecule has 20 heavy (non-hydrogen) atoms. The molecule has 0 aromatic rings. The summed E-state index contributed by atoms with van der Waals surface area (Å²) in [7, 11) is 0. The Bertz CT molecular complexity index is 370. The molecule has 3 heteroatoms. The maximum Gasteiger partial charge on any atom is 0.0468 e. The lowest BCUT2D eigenvalue weighted by Crippen LogP contribution is -2.36. The summed E-state index contributed by atoms with van der Waals surface area (Å²) in [5, 5.41) is 7.26. The first-order valence-electron chi connectivity index (χ1n) is 8.03. The van der Waals surface area contributed by atoms with E-state index in [1.54, 1.807) is 0 Å². The normalized spacial score (nSPS) is 30.5. The van der Waals surface area contributed by atoms with Crippen LogP contribution in [0.25, 0.3) is 0 Å². The Kier molecular flexibility index (Phi) is 5.84. The van der Waals surface area contributed by atoms with Gasteiger partial charge in [-0.1, -0.05) is 25.0 Å². The van der Waals surface area contributed by atoms with Crippen molar-refractivity contribution in [2.45, 2.75) is 64.5 Å². The summed E-state index contributed by atoms with van der Waals surface area (Å²) in [6.07, 6.45) is 11.6. The molecule has 112 valence electrons. The van der Waals surface area contributed by atoms with Crippen molar-refractivity contribution < 1.29 is 0 Å². The lowest BCUT2D eigenvalue weighted by molar-refractivity contribution is 0.326. The summed E-state index contributed by atoms with van der Waals surface area (Å²) in [6, 6.07) is 1.22. The van der Waals surface area contributed by atoms with Gasteiger partial charge in [0.2, 0.25) is 0 Å². The molecule has 1 saturated heterocycles. The molecule has 0 aromatic carbocycles. The molecule has 1 aliphatic carbocycles. The van der Waals surface area contributed by atoms with Crippen LogP contribution in [-0.4, -0.2) is 24.8 Å².